The number of rotatable bonds is 3. The standard InChI is InChI=1S/C11H17N3O/c1-2-14-9(6-15)12-13-11(14)10-7-4-3-5-8(7)10/h7-8,10,15H,2-6H2,1H3. The Labute approximate surface area is 89.3 Å². The molecule has 2 aliphatic rings. The van der Waals surface area contributed by atoms with Crippen molar-refractivity contribution in [2.45, 2.75) is 45.3 Å². The Bertz CT molecular complexity index is 364. The molecule has 0 saturated heterocycles. The molecule has 1 aromatic heterocycles. The summed E-state index contributed by atoms with van der Waals surface area (Å²) in [5, 5.41) is 17.5. The molecule has 3 rings (SSSR count). The van der Waals surface area contributed by atoms with Gasteiger partial charge in [-0.2, -0.15) is 0 Å². The topological polar surface area (TPSA) is 50.9 Å². The second kappa shape index (κ2) is 3.30. The first-order valence-electron chi connectivity index (χ1n) is 5.89. The number of fused-ring (bicyclic) bond motifs is 1. The van der Waals surface area contributed by atoms with Gasteiger partial charge in [-0.1, -0.05) is 6.42 Å². The van der Waals surface area contributed by atoms with Gasteiger partial charge in [-0.3, -0.25) is 0 Å². The van der Waals surface area contributed by atoms with E-state index >= 15 is 0 Å². The summed E-state index contributed by atoms with van der Waals surface area (Å²) < 4.78 is 2.09. The highest BCUT2D eigenvalue weighted by molar-refractivity contribution is 5.19. The van der Waals surface area contributed by atoms with Gasteiger partial charge < -0.3 is 9.67 Å². The molecule has 4 nitrogen and oxygen atoms in total. The van der Waals surface area contributed by atoms with Gasteiger partial charge in [0.1, 0.15) is 12.4 Å². The van der Waals surface area contributed by atoms with Crippen LogP contribution in [-0.2, 0) is 13.2 Å². The van der Waals surface area contributed by atoms with Crippen molar-refractivity contribution in [1.82, 2.24) is 14.8 Å². The number of aromatic nitrogens is 3. The third-order valence-electron chi connectivity index (χ3n) is 4.02. The summed E-state index contributed by atoms with van der Waals surface area (Å²) >= 11 is 0. The highest BCUT2D eigenvalue weighted by atomic mass is 16.3. The summed E-state index contributed by atoms with van der Waals surface area (Å²) in [4.78, 5) is 0. The first kappa shape index (κ1) is 9.33. The van der Waals surface area contributed by atoms with Crippen molar-refractivity contribution >= 4 is 0 Å². The third kappa shape index (κ3) is 1.24. The number of aliphatic hydroxyl groups is 1. The molecule has 2 saturated carbocycles. The van der Waals surface area contributed by atoms with Gasteiger partial charge in [0.2, 0.25) is 0 Å². The maximum atomic E-state index is 9.14. The van der Waals surface area contributed by atoms with E-state index in [1.54, 1.807) is 0 Å². The van der Waals surface area contributed by atoms with E-state index in [-0.39, 0.29) is 6.61 Å². The third-order valence-corrected chi connectivity index (χ3v) is 4.02. The molecule has 15 heavy (non-hydrogen) atoms. The summed E-state index contributed by atoms with van der Waals surface area (Å²) in [5.74, 6) is 4.22. The fourth-order valence-corrected chi connectivity index (χ4v) is 3.26. The first-order valence-corrected chi connectivity index (χ1v) is 5.89. The fourth-order valence-electron chi connectivity index (χ4n) is 3.26. The molecule has 0 bridgehead atoms. The highest BCUT2D eigenvalue weighted by Crippen LogP contribution is 2.62. The molecule has 4 heteroatoms. The average Bonchev–Trinajstić information content (AvgIpc) is 2.73. The minimum Gasteiger partial charge on any atom is -0.388 e. The Morgan fingerprint density at radius 1 is 1.33 bits per heavy atom. The molecule has 0 aliphatic heterocycles. The summed E-state index contributed by atoms with van der Waals surface area (Å²) in [7, 11) is 0. The zero-order valence-corrected chi connectivity index (χ0v) is 9.06. The maximum Gasteiger partial charge on any atom is 0.158 e. The monoisotopic (exact) mass is 207 g/mol. The van der Waals surface area contributed by atoms with E-state index in [0.717, 1.165) is 30.0 Å². The SMILES string of the molecule is CCn1c(CO)nnc1C1C2CCCC21. The zero-order chi connectivity index (χ0) is 10.4. The number of nitrogens with zero attached hydrogens (tertiary/aromatic N) is 3. The minimum absolute atomic E-state index is 0.00287. The van der Waals surface area contributed by atoms with E-state index in [1.165, 1.54) is 19.3 Å². The second-order valence-corrected chi connectivity index (χ2v) is 4.66. The summed E-state index contributed by atoms with van der Waals surface area (Å²) in [6.07, 6.45) is 4.11. The molecule has 2 unspecified atom stereocenters. The Balaban J connectivity index is 1.89. The molecule has 2 aliphatic carbocycles. The van der Waals surface area contributed by atoms with Gasteiger partial charge in [0, 0.05) is 12.5 Å². The van der Waals surface area contributed by atoms with Crippen LogP contribution in [0.3, 0.4) is 0 Å². The van der Waals surface area contributed by atoms with Crippen LogP contribution in [0.5, 0.6) is 0 Å². The van der Waals surface area contributed by atoms with E-state index in [0.29, 0.717) is 5.92 Å². The van der Waals surface area contributed by atoms with Gasteiger partial charge in [-0.25, -0.2) is 0 Å². The molecule has 2 atom stereocenters. The molecule has 2 fully saturated rings. The van der Waals surface area contributed by atoms with Crippen LogP contribution in [0, 0.1) is 11.8 Å². The molecule has 0 spiro atoms. The lowest BCUT2D eigenvalue weighted by Crippen LogP contribution is -2.06. The van der Waals surface area contributed by atoms with Crippen LogP contribution in [0.25, 0.3) is 0 Å². The summed E-state index contributed by atoms with van der Waals surface area (Å²) in [6.45, 7) is 2.96. The number of hydrogen-bond acceptors (Lipinski definition) is 3. The van der Waals surface area contributed by atoms with Crippen LogP contribution in [0.1, 0.15) is 43.8 Å². The van der Waals surface area contributed by atoms with E-state index in [2.05, 4.69) is 21.7 Å². The van der Waals surface area contributed by atoms with Crippen LogP contribution in [-0.4, -0.2) is 19.9 Å². The number of aliphatic hydroxyl groups excluding tert-OH is 1. The van der Waals surface area contributed by atoms with E-state index in [4.69, 9.17) is 5.11 Å². The fraction of sp³-hybridized carbons (Fsp3) is 0.818. The van der Waals surface area contributed by atoms with Crippen molar-refractivity contribution in [2.75, 3.05) is 0 Å². The Morgan fingerprint density at radius 3 is 2.67 bits per heavy atom. The number of hydrogen-bond donors (Lipinski definition) is 1. The van der Waals surface area contributed by atoms with E-state index in [1.807, 2.05) is 0 Å². The van der Waals surface area contributed by atoms with Gasteiger partial charge in [0.05, 0.1) is 0 Å². The Morgan fingerprint density at radius 2 is 2.07 bits per heavy atom. The Kier molecular flexibility index (Phi) is 2.06. The van der Waals surface area contributed by atoms with Crippen molar-refractivity contribution < 1.29 is 5.11 Å². The lowest BCUT2D eigenvalue weighted by atomic mass is 10.1. The largest absolute Gasteiger partial charge is 0.388 e. The average molecular weight is 207 g/mol. The van der Waals surface area contributed by atoms with E-state index in [9.17, 15) is 0 Å². The van der Waals surface area contributed by atoms with Gasteiger partial charge in [-0.15, -0.1) is 10.2 Å². The molecular formula is C11H17N3O. The predicted molar refractivity (Wildman–Crippen MR) is 55.2 cm³/mol. The maximum absolute atomic E-state index is 9.14. The van der Waals surface area contributed by atoms with Gasteiger partial charge in [-0.05, 0) is 31.6 Å². The van der Waals surface area contributed by atoms with Crippen molar-refractivity contribution in [2.24, 2.45) is 11.8 Å². The second-order valence-electron chi connectivity index (χ2n) is 4.66. The molecular weight excluding hydrogens is 190 g/mol. The van der Waals surface area contributed by atoms with Gasteiger partial charge in [0.25, 0.3) is 0 Å². The van der Waals surface area contributed by atoms with Crippen LogP contribution in [0.15, 0.2) is 0 Å². The molecule has 1 aromatic rings. The van der Waals surface area contributed by atoms with Crippen molar-refractivity contribution in [3.63, 3.8) is 0 Å². The van der Waals surface area contributed by atoms with Crippen LogP contribution in [0.4, 0.5) is 0 Å². The van der Waals surface area contributed by atoms with Crippen molar-refractivity contribution in [3.8, 4) is 0 Å². The Hall–Kier alpha value is -0.900. The van der Waals surface area contributed by atoms with Crippen molar-refractivity contribution in [1.29, 1.82) is 0 Å². The minimum atomic E-state index is 0.00287. The van der Waals surface area contributed by atoms with E-state index < -0.39 is 0 Å². The van der Waals surface area contributed by atoms with Gasteiger partial charge >= 0.3 is 0 Å². The lowest BCUT2D eigenvalue weighted by molar-refractivity contribution is 0.264. The summed E-state index contributed by atoms with van der Waals surface area (Å²) in [5.41, 5.74) is 0. The zero-order valence-electron chi connectivity index (χ0n) is 9.06. The highest BCUT2D eigenvalue weighted by Gasteiger charge is 2.55. The normalized spacial score (nSPS) is 33.1. The lowest BCUT2D eigenvalue weighted by Gasteiger charge is -2.07. The molecule has 0 aromatic carbocycles. The van der Waals surface area contributed by atoms with Crippen LogP contribution >= 0.6 is 0 Å². The molecule has 82 valence electrons. The van der Waals surface area contributed by atoms with Crippen LogP contribution in [0.2, 0.25) is 0 Å². The summed E-state index contributed by atoms with van der Waals surface area (Å²) in [6, 6.07) is 0. The quantitative estimate of drug-likeness (QED) is 0.813. The van der Waals surface area contributed by atoms with Gasteiger partial charge in [0.15, 0.2) is 5.82 Å². The predicted octanol–water partition coefficient (Wildman–Crippen LogP) is 1.30. The molecule has 0 amide bonds. The van der Waals surface area contributed by atoms with Crippen molar-refractivity contribution in [3.05, 3.63) is 11.6 Å². The molecule has 1 N–H and O–H groups in total. The molecule has 0 radical (unpaired) electrons. The smallest absolute Gasteiger partial charge is 0.158 e. The first-order chi connectivity index (χ1) is 7.36. The molecule has 1 heterocycles. The van der Waals surface area contributed by atoms with Crippen LogP contribution < -0.4 is 0 Å².